The first-order valence-corrected chi connectivity index (χ1v) is 9.06. The zero-order chi connectivity index (χ0) is 18.1. The summed E-state index contributed by atoms with van der Waals surface area (Å²) in [6.45, 7) is 4.63. The van der Waals surface area contributed by atoms with E-state index in [4.69, 9.17) is 14.2 Å². The summed E-state index contributed by atoms with van der Waals surface area (Å²) < 4.78 is 17.6. The highest BCUT2D eigenvalue weighted by molar-refractivity contribution is 6.07. The predicted octanol–water partition coefficient (Wildman–Crippen LogP) is 2.97. The van der Waals surface area contributed by atoms with E-state index in [1.54, 1.807) is 6.92 Å². The van der Waals surface area contributed by atoms with Crippen LogP contribution in [0.1, 0.15) is 52.4 Å². The van der Waals surface area contributed by atoms with Crippen LogP contribution in [0.2, 0.25) is 0 Å². The first kappa shape index (κ1) is 18.1. The molecule has 2 aliphatic carbocycles. The molecule has 2 unspecified atom stereocenters. The maximum absolute atomic E-state index is 12.9. The molecular weight excluding hydrogens is 324 g/mol. The minimum Gasteiger partial charge on any atom is -0.515 e. The van der Waals surface area contributed by atoms with Crippen molar-refractivity contribution in [1.29, 1.82) is 0 Å². The van der Waals surface area contributed by atoms with Crippen molar-refractivity contribution in [2.24, 2.45) is 5.41 Å². The molecule has 0 aromatic heterocycles. The molecule has 0 radical (unpaired) electrons. The van der Waals surface area contributed by atoms with Crippen LogP contribution in [-0.2, 0) is 23.8 Å². The number of esters is 1. The van der Waals surface area contributed by atoms with E-state index in [0.29, 0.717) is 25.9 Å². The van der Waals surface area contributed by atoms with Gasteiger partial charge in [0.2, 0.25) is 0 Å². The summed E-state index contributed by atoms with van der Waals surface area (Å²) in [5.41, 5.74) is -0.0204. The molecule has 0 aromatic carbocycles. The van der Waals surface area contributed by atoms with Crippen LogP contribution in [0.4, 0.5) is 0 Å². The lowest BCUT2D eigenvalue weighted by atomic mass is 9.61. The van der Waals surface area contributed by atoms with Crippen LogP contribution in [0.25, 0.3) is 0 Å². The average molecular weight is 350 g/mol. The van der Waals surface area contributed by atoms with Crippen LogP contribution >= 0.6 is 0 Å². The number of hydrogen-bond donors (Lipinski definition) is 1. The molecule has 6 heteroatoms. The van der Waals surface area contributed by atoms with Gasteiger partial charge in [-0.05, 0) is 37.8 Å². The van der Waals surface area contributed by atoms with E-state index in [-0.39, 0.29) is 36.5 Å². The van der Waals surface area contributed by atoms with Crippen LogP contribution in [0.5, 0.6) is 0 Å². The zero-order valence-corrected chi connectivity index (χ0v) is 14.9. The number of hydrogen-bond acceptors (Lipinski definition) is 6. The topological polar surface area (TPSA) is 82.1 Å². The summed E-state index contributed by atoms with van der Waals surface area (Å²) in [5.74, 6) is -1.44. The van der Waals surface area contributed by atoms with Gasteiger partial charge in [0.05, 0.1) is 31.0 Å². The largest absolute Gasteiger partial charge is 0.515 e. The van der Waals surface area contributed by atoms with E-state index in [1.807, 2.05) is 0 Å². The van der Waals surface area contributed by atoms with Gasteiger partial charge in [0.25, 0.3) is 0 Å². The van der Waals surface area contributed by atoms with Gasteiger partial charge in [-0.3, -0.25) is 9.59 Å². The predicted molar refractivity (Wildman–Crippen MR) is 89.8 cm³/mol. The van der Waals surface area contributed by atoms with Gasteiger partial charge in [-0.15, -0.1) is 0 Å². The van der Waals surface area contributed by atoms with Crippen molar-refractivity contribution in [3.63, 3.8) is 0 Å². The number of ketones is 1. The van der Waals surface area contributed by atoms with Gasteiger partial charge in [0.1, 0.15) is 0 Å². The van der Waals surface area contributed by atoms with E-state index in [9.17, 15) is 14.7 Å². The van der Waals surface area contributed by atoms with Crippen LogP contribution in [0, 0.1) is 5.41 Å². The van der Waals surface area contributed by atoms with Crippen LogP contribution < -0.4 is 0 Å². The molecule has 1 spiro atoms. The minimum absolute atomic E-state index is 0.0350. The molecule has 0 amide bonds. The monoisotopic (exact) mass is 350 g/mol. The van der Waals surface area contributed by atoms with Gasteiger partial charge in [-0.2, -0.15) is 0 Å². The van der Waals surface area contributed by atoms with Gasteiger partial charge in [0.15, 0.2) is 11.6 Å². The van der Waals surface area contributed by atoms with E-state index in [1.165, 1.54) is 6.08 Å². The second-order valence-corrected chi connectivity index (χ2v) is 7.09. The van der Waals surface area contributed by atoms with Gasteiger partial charge in [0, 0.05) is 18.4 Å². The van der Waals surface area contributed by atoms with Gasteiger partial charge >= 0.3 is 5.97 Å². The Kier molecular flexibility index (Phi) is 5.02. The number of fused-ring (bicyclic) bond motifs is 1. The van der Waals surface area contributed by atoms with Crippen LogP contribution in [-0.4, -0.2) is 42.0 Å². The Bertz CT molecular complexity index is 621. The van der Waals surface area contributed by atoms with Gasteiger partial charge in [-0.25, -0.2) is 0 Å². The SMILES string of the molecule is CCCC1COC2(CCC3=CC(=O)/C(=C\O)C[C@]3(C(=O)OCC)C2)O1. The molecule has 3 rings (SSSR count). The number of aliphatic hydroxyl groups excluding tert-OH is 1. The first-order valence-electron chi connectivity index (χ1n) is 9.06. The Morgan fingerprint density at radius 3 is 2.96 bits per heavy atom. The van der Waals surface area contributed by atoms with Crippen molar-refractivity contribution in [3.8, 4) is 0 Å². The van der Waals surface area contributed by atoms with Gasteiger partial charge in [-0.1, -0.05) is 13.3 Å². The Balaban J connectivity index is 1.95. The average Bonchev–Trinajstić information content (AvgIpc) is 2.97. The molecule has 0 bridgehead atoms. The molecule has 6 nitrogen and oxygen atoms in total. The first-order chi connectivity index (χ1) is 12.0. The lowest BCUT2D eigenvalue weighted by molar-refractivity contribution is -0.209. The van der Waals surface area contributed by atoms with Crippen LogP contribution in [0.15, 0.2) is 23.5 Å². The molecular formula is C19H26O6. The number of aliphatic hydroxyl groups is 1. The van der Waals surface area contributed by atoms with Crippen molar-refractivity contribution >= 4 is 11.8 Å². The summed E-state index contributed by atoms with van der Waals surface area (Å²) in [7, 11) is 0. The maximum Gasteiger partial charge on any atom is 0.316 e. The second kappa shape index (κ2) is 6.92. The smallest absolute Gasteiger partial charge is 0.316 e. The molecule has 0 aromatic rings. The number of carbonyl (C=O) groups is 2. The Labute approximate surface area is 147 Å². The third-order valence-corrected chi connectivity index (χ3v) is 5.42. The fraction of sp³-hybridized carbons (Fsp3) is 0.684. The van der Waals surface area contributed by atoms with Crippen molar-refractivity contribution in [2.75, 3.05) is 13.2 Å². The normalized spacial score (nSPS) is 36.4. The lowest BCUT2D eigenvalue weighted by Crippen LogP contribution is -2.50. The van der Waals surface area contributed by atoms with Crippen molar-refractivity contribution in [1.82, 2.24) is 0 Å². The molecule has 1 saturated carbocycles. The lowest BCUT2D eigenvalue weighted by Gasteiger charge is -2.46. The number of carbonyl (C=O) groups excluding carboxylic acids is 2. The van der Waals surface area contributed by atoms with Gasteiger partial charge < -0.3 is 19.3 Å². The molecule has 3 aliphatic rings. The molecule has 3 atom stereocenters. The summed E-state index contributed by atoms with van der Waals surface area (Å²) >= 11 is 0. The minimum atomic E-state index is -1.00. The molecule has 25 heavy (non-hydrogen) atoms. The summed E-state index contributed by atoms with van der Waals surface area (Å²) in [4.78, 5) is 25.0. The number of rotatable bonds is 4. The standard InChI is InChI=1S/C19H26O6/c1-3-5-15-11-24-19(25-15)7-6-14-8-16(21)13(10-20)9-18(14,12-19)17(22)23-4-2/h8,10,15,20H,3-7,9,11-12H2,1-2H3/b13-10-/t15?,18-,19?/m0/s1. The fourth-order valence-electron chi connectivity index (χ4n) is 4.23. The van der Waals surface area contributed by atoms with Crippen molar-refractivity contribution < 1.29 is 28.9 Å². The third-order valence-electron chi connectivity index (χ3n) is 5.42. The Morgan fingerprint density at radius 2 is 2.28 bits per heavy atom. The zero-order valence-electron chi connectivity index (χ0n) is 14.9. The molecule has 138 valence electrons. The quantitative estimate of drug-likeness (QED) is 0.477. The third kappa shape index (κ3) is 3.13. The molecule has 1 heterocycles. The fourth-order valence-corrected chi connectivity index (χ4v) is 4.23. The number of allylic oxidation sites excluding steroid dienone is 2. The molecule has 1 saturated heterocycles. The van der Waals surface area contributed by atoms with E-state index < -0.39 is 11.2 Å². The number of ether oxygens (including phenoxy) is 3. The highest BCUT2D eigenvalue weighted by atomic mass is 16.7. The molecule has 1 N–H and O–H groups in total. The van der Waals surface area contributed by atoms with Crippen LogP contribution in [0.3, 0.4) is 0 Å². The van der Waals surface area contributed by atoms with Crippen molar-refractivity contribution in [2.45, 2.75) is 64.3 Å². The van der Waals surface area contributed by atoms with Crippen molar-refractivity contribution in [3.05, 3.63) is 23.5 Å². The maximum atomic E-state index is 12.9. The van der Waals surface area contributed by atoms with E-state index in [0.717, 1.165) is 24.7 Å². The Morgan fingerprint density at radius 1 is 1.48 bits per heavy atom. The summed E-state index contributed by atoms with van der Waals surface area (Å²) in [5, 5.41) is 9.42. The highest BCUT2D eigenvalue weighted by Gasteiger charge is 2.58. The molecule has 1 aliphatic heterocycles. The highest BCUT2D eigenvalue weighted by Crippen LogP contribution is 2.55. The summed E-state index contributed by atoms with van der Waals surface area (Å²) in [6.07, 6.45) is 5.83. The Hall–Kier alpha value is -1.66. The summed E-state index contributed by atoms with van der Waals surface area (Å²) in [6, 6.07) is 0. The second-order valence-electron chi connectivity index (χ2n) is 7.09. The van der Waals surface area contributed by atoms with E-state index in [2.05, 4.69) is 6.92 Å². The molecule has 2 fully saturated rings. The van der Waals surface area contributed by atoms with E-state index >= 15 is 0 Å².